The van der Waals surface area contributed by atoms with Gasteiger partial charge in [-0.15, -0.1) is 0 Å². The fraction of sp³-hybridized carbons (Fsp3) is 0.529. The van der Waals surface area contributed by atoms with Gasteiger partial charge in [0.25, 0.3) is 5.91 Å². The highest BCUT2D eigenvalue weighted by molar-refractivity contribution is 6.33. The molecule has 1 saturated heterocycles. The average molecular weight is 357 g/mol. The summed E-state index contributed by atoms with van der Waals surface area (Å²) in [4.78, 5) is 26.0. The zero-order valence-electron chi connectivity index (χ0n) is 13.7. The molecule has 1 fully saturated rings. The molecule has 0 spiro atoms. The normalized spacial score (nSPS) is 16.9. The molecule has 0 aliphatic carbocycles. The number of halogens is 2. The van der Waals surface area contributed by atoms with Crippen molar-refractivity contribution in [2.24, 2.45) is 0 Å². The van der Waals surface area contributed by atoms with Crippen LogP contribution in [0.1, 0.15) is 36.5 Å². The summed E-state index contributed by atoms with van der Waals surface area (Å²) in [6.07, 6.45) is 2.32. The number of benzene rings is 1. The molecule has 0 radical (unpaired) electrons. The molecule has 1 atom stereocenters. The predicted molar refractivity (Wildman–Crippen MR) is 89.6 cm³/mol. The Balaban J connectivity index is 1.79. The standard InChI is InChI=1S/C17H22ClFN2O3/c1-2-21(11-13-4-3-9-24-13)16(22)7-8-20-17(23)14-6-5-12(19)10-15(14)18/h5-6,10,13H,2-4,7-9,11H2,1H3,(H,20,23). The van der Waals surface area contributed by atoms with Gasteiger partial charge in [0.1, 0.15) is 5.82 Å². The zero-order chi connectivity index (χ0) is 17.5. The van der Waals surface area contributed by atoms with Crippen molar-refractivity contribution in [2.45, 2.75) is 32.3 Å². The summed E-state index contributed by atoms with van der Waals surface area (Å²) in [5.41, 5.74) is 0.192. The number of carbonyl (C=O) groups is 2. The van der Waals surface area contributed by atoms with Crippen LogP contribution in [0.15, 0.2) is 18.2 Å². The van der Waals surface area contributed by atoms with E-state index in [2.05, 4.69) is 5.32 Å². The van der Waals surface area contributed by atoms with Gasteiger partial charge in [-0.05, 0) is 38.0 Å². The molecule has 0 aromatic heterocycles. The van der Waals surface area contributed by atoms with Crippen molar-refractivity contribution in [3.63, 3.8) is 0 Å². The molecular weight excluding hydrogens is 335 g/mol. The Hall–Kier alpha value is -1.66. The Bertz CT molecular complexity index is 591. The highest BCUT2D eigenvalue weighted by Gasteiger charge is 2.21. The topological polar surface area (TPSA) is 58.6 Å². The molecule has 1 aliphatic heterocycles. The van der Waals surface area contributed by atoms with Gasteiger partial charge < -0.3 is 15.0 Å². The summed E-state index contributed by atoms with van der Waals surface area (Å²) in [5, 5.41) is 2.69. The Morgan fingerprint density at radius 1 is 1.46 bits per heavy atom. The first kappa shape index (κ1) is 18.7. The van der Waals surface area contributed by atoms with Gasteiger partial charge in [0, 0.05) is 32.7 Å². The van der Waals surface area contributed by atoms with Crippen LogP contribution in [0, 0.1) is 5.82 Å². The molecular formula is C17H22ClFN2O3. The number of rotatable bonds is 7. The van der Waals surface area contributed by atoms with Crippen LogP contribution in [-0.4, -0.2) is 49.1 Å². The van der Waals surface area contributed by atoms with Crippen molar-refractivity contribution in [1.82, 2.24) is 10.2 Å². The highest BCUT2D eigenvalue weighted by Crippen LogP contribution is 2.17. The van der Waals surface area contributed by atoms with Crippen molar-refractivity contribution < 1.29 is 18.7 Å². The number of ether oxygens (including phenoxy) is 1. The maximum atomic E-state index is 13.0. The first-order chi connectivity index (χ1) is 11.5. The molecule has 2 amide bonds. The SMILES string of the molecule is CCN(CC1CCCO1)C(=O)CCNC(=O)c1ccc(F)cc1Cl. The summed E-state index contributed by atoms with van der Waals surface area (Å²) in [6.45, 7) is 4.07. The molecule has 2 rings (SSSR count). The second-order valence-electron chi connectivity index (χ2n) is 5.70. The molecule has 1 unspecified atom stereocenters. The minimum absolute atomic E-state index is 0.0292. The lowest BCUT2D eigenvalue weighted by Gasteiger charge is -2.24. The van der Waals surface area contributed by atoms with Crippen LogP contribution in [0.25, 0.3) is 0 Å². The van der Waals surface area contributed by atoms with E-state index in [1.54, 1.807) is 4.90 Å². The van der Waals surface area contributed by atoms with Crippen molar-refractivity contribution >= 4 is 23.4 Å². The average Bonchev–Trinajstić information content (AvgIpc) is 3.05. The van der Waals surface area contributed by atoms with E-state index in [9.17, 15) is 14.0 Å². The Morgan fingerprint density at radius 3 is 2.88 bits per heavy atom. The minimum atomic E-state index is -0.501. The van der Waals surface area contributed by atoms with E-state index in [1.807, 2.05) is 6.92 Å². The van der Waals surface area contributed by atoms with Crippen LogP contribution in [0.5, 0.6) is 0 Å². The van der Waals surface area contributed by atoms with E-state index >= 15 is 0 Å². The van der Waals surface area contributed by atoms with E-state index in [4.69, 9.17) is 16.3 Å². The number of carbonyl (C=O) groups excluding carboxylic acids is 2. The van der Waals surface area contributed by atoms with Gasteiger partial charge in [-0.1, -0.05) is 11.6 Å². The molecule has 1 N–H and O–H groups in total. The summed E-state index contributed by atoms with van der Waals surface area (Å²) < 4.78 is 18.5. The number of hydrogen-bond donors (Lipinski definition) is 1. The molecule has 1 aromatic rings. The van der Waals surface area contributed by atoms with Crippen LogP contribution in [0.2, 0.25) is 5.02 Å². The smallest absolute Gasteiger partial charge is 0.252 e. The van der Waals surface area contributed by atoms with E-state index in [0.29, 0.717) is 13.1 Å². The number of hydrogen-bond acceptors (Lipinski definition) is 3. The third-order valence-corrected chi connectivity index (χ3v) is 4.30. The number of likely N-dealkylation sites (N-methyl/N-ethyl adjacent to an activating group) is 1. The maximum absolute atomic E-state index is 13.0. The van der Waals surface area contributed by atoms with E-state index in [0.717, 1.165) is 25.5 Å². The van der Waals surface area contributed by atoms with E-state index < -0.39 is 11.7 Å². The van der Waals surface area contributed by atoms with Crippen LogP contribution >= 0.6 is 11.6 Å². The Kier molecular flexibility index (Phi) is 6.99. The third-order valence-electron chi connectivity index (χ3n) is 3.98. The second kappa shape index (κ2) is 8.99. The monoisotopic (exact) mass is 356 g/mol. The zero-order valence-corrected chi connectivity index (χ0v) is 14.4. The maximum Gasteiger partial charge on any atom is 0.252 e. The molecule has 0 saturated carbocycles. The van der Waals surface area contributed by atoms with Crippen LogP contribution in [0.3, 0.4) is 0 Å². The van der Waals surface area contributed by atoms with Crippen LogP contribution in [-0.2, 0) is 9.53 Å². The van der Waals surface area contributed by atoms with Crippen LogP contribution < -0.4 is 5.32 Å². The van der Waals surface area contributed by atoms with Gasteiger partial charge in [0.2, 0.25) is 5.91 Å². The van der Waals surface area contributed by atoms with Crippen LogP contribution in [0.4, 0.5) is 4.39 Å². The fourth-order valence-electron chi connectivity index (χ4n) is 2.65. The summed E-state index contributed by atoms with van der Waals surface area (Å²) in [6, 6.07) is 3.58. The van der Waals surface area contributed by atoms with Crippen molar-refractivity contribution in [3.8, 4) is 0 Å². The molecule has 7 heteroatoms. The summed E-state index contributed by atoms with van der Waals surface area (Å²) >= 11 is 5.84. The molecule has 132 valence electrons. The van der Waals surface area contributed by atoms with Gasteiger partial charge in [-0.25, -0.2) is 4.39 Å². The second-order valence-corrected chi connectivity index (χ2v) is 6.10. The van der Waals surface area contributed by atoms with Gasteiger partial charge in [-0.3, -0.25) is 9.59 Å². The number of amides is 2. The Morgan fingerprint density at radius 2 is 2.25 bits per heavy atom. The van der Waals surface area contributed by atoms with Gasteiger partial charge in [0.05, 0.1) is 16.7 Å². The molecule has 24 heavy (non-hydrogen) atoms. The predicted octanol–water partition coefficient (Wildman–Crippen LogP) is 2.63. The third kappa shape index (κ3) is 5.18. The van der Waals surface area contributed by atoms with Crippen molar-refractivity contribution in [2.75, 3.05) is 26.2 Å². The lowest BCUT2D eigenvalue weighted by Crippen LogP contribution is -2.39. The summed E-state index contributed by atoms with van der Waals surface area (Å²) in [5.74, 6) is -0.951. The number of nitrogens with zero attached hydrogens (tertiary/aromatic N) is 1. The fourth-order valence-corrected chi connectivity index (χ4v) is 2.90. The molecule has 1 aliphatic rings. The van der Waals surface area contributed by atoms with Gasteiger partial charge in [0.15, 0.2) is 0 Å². The first-order valence-electron chi connectivity index (χ1n) is 8.14. The minimum Gasteiger partial charge on any atom is -0.376 e. The largest absolute Gasteiger partial charge is 0.376 e. The lowest BCUT2D eigenvalue weighted by molar-refractivity contribution is -0.132. The first-order valence-corrected chi connectivity index (χ1v) is 8.51. The quantitative estimate of drug-likeness (QED) is 0.817. The molecule has 0 bridgehead atoms. The molecule has 5 nitrogen and oxygen atoms in total. The van der Waals surface area contributed by atoms with Gasteiger partial charge in [-0.2, -0.15) is 0 Å². The molecule has 1 heterocycles. The van der Waals surface area contributed by atoms with Crippen molar-refractivity contribution in [3.05, 3.63) is 34.6 Å². The van der Waals surface area contributed by atoms with E-state index in [-0.39, 0.29) is 35.6 Å². The highest BCUT2D eigenvalue weighted by atomic mass is 35.5. The summed E-state index contributed by atoms with van der Waals surface area (Å²) in [7, 11) is 0. The Labute approximate surface area is 146 Å². The molecule has 1 aromatic carbocycles. The lowest BCUT2D eigenvalue weighted by atomic mass is 10.2. The van der Waals surface area contributed by atoms with E-state index in [1.165, 1.54) is 12.1 Å². The number of nitrogens with one attached hydrogen (secondary N) is 1. The van der Waals surface area contributed by atoms with Gasteiger partial charge >= 0.3 is 0 Å². The van der Waals surface area contributed by atoms with Crippen molar-refractivity contribution in [1.29, 1.82) is 0 Å².